The summed E-state index contributed by atoms with van der Waals surface area (Å²) in [5.74, 6) is -2.22. The lowest BCUT2D eigenvalue weighted by Crippen LogP contribution is -2.42. The third-order valence-corrected chi connectivity index (χ3v) is 6.87. The summed E-state index contributed by atoms with van der Waals surface area (Å²) in [6, 6.07) is 4.15. The van der Waals surface area contributed by atoms with Gasteiger partial charge in [-0.1, -0.05) is 17.7 Å². The number of pyridine rings is 1. The van der Waals surface area contributed by atoms with E-state index in [4.69, 9.17) is 16.3 Å². The van der Waals surface area contributed by atoms with Crippen LogP contribution in [0.2, 0.25) is 5.02 Å². The number of rotatable bonds is 7. The van der Waals surface area contributed by atoms with Crippen LogP contribution in [0.4, 0.5) is 10.2 Å². The molecule has 0 saturated heterocycles. The van der Waals surface area contributed by atoms with Gasteiger partial charge in [0.1, 0.15) is 17.2 Å². The fraction of sp³-hybridized carbons (Fsp3) is 0.440. The Morgan fingerprint density at radius 3 is 2.61 bits per heavy atom. The summed E-state index contributed by atoms with van der Waals surface area (Å²) in [6.45, 7) is 5.36. The number of aromatic nitrogens is 1. The predicted octanol–water partition coefficient (Wildman–Crippen LogP) is 2.97. The van der Waals surface area contributed by atoms with Crippen LogP contribution >= 0.6 is 11.6 Å². The number of esters is 1. The maximum absolute atomic E-state index is 13.5. The molecule has 0 atom stereocenters. The molecule has 9 nitrogen and oxygen atoms in total. The summed E-state index contributed by atoms with van der Waals surface area (Å²) in [6.07, 6.45) is 1.32. The van der Waals surface area contributed by atoms with Crippen LogP contribution < -0.4 is 10.5 Å². The van der Waals surface area contributed by atoms with Gasteiger partial charge in [-0.15, -0.1) is 0 Å². The fourth-order valence-corrected chi connectivity index (χ4v) is 5.00. The third kappa shape index (κ3) is 4.34. The Bertz CT molecular complexity index is 1320. The lowest BCUT2D eigenvalue weighted by atomic mass is 9.97. The van der Waals surface area contributed by atoms with Crippen molar-refractivity contribution in [3.05, 3.63) is 56.1 Å². The number of aromatic hydroxyl groups is 1. The van der Waals surface area contributed by atoms with Crippen LogP contribution in [0.5, 0.6) is 5.75 Å². The molecule has 2 amide bonds. The summed E-state index contributed by atoms with van der Waals surface area (Å²) >= 11 is 5.87. The number of unbranched alkanes of at least 4 members (excludes halogenated alkanes) is 1. The Kier molecular flexibility index (Phi) is 6.83. The Hall–Kier alpha value is -3.40. The van der Waals surface area contributed by atoms with E-state index in [0.717, 1.165) is 0 Å². The molecule has 0 spiro atoms. The van der Waals surface area contributed by atoms with Crippen LogP contribution in [0.15, 0.2) is 23.0 Å². The molecule has 2 aliphatic heterocycles. The number of hydrogen-bond acceptors (Lipinski definition) is 6. The Balaban J connectivity index is 1.68. The highest BCUT2D eigenvalue weighted by atomic mass is 35.5. The number of carbonyl (C=O) groups is 3. The molecule has 1 aromatic heterocycles. The first kappa shape index (κ1) is 25.7. The van der Waals surface area contributed by atoms with Gasteiger partial charge in [-0.3, -0.25) is 28.6 Å². The van der Waals surface area contributed by atoms with Crippen molar-refractivity contribution in [2.24, 2.45) is 0 Å². The molecule has 4 rings (SSSR count). The van der Waals surface area contributed by atoms with Crippen molar-refractivity contribution in [2.45, 2.75) is 52.1 Å². The normalized spacial score (nSPS) is 16.2. The number of nitrogens with zero attached hydrogens (tertiary/aromatic N) is 3. The van der Waals surface area contributed by atoms with Gasteiger partial charge in [0.05, 0.1) is 17.2 Å². The number of ether oxygens (including phenoxy) is 1. The van der Waals surface area contributed by atoms with Crippen molar-refractivity contribution in [3.8, 4) is 5.75 Å². The van der Waals surface area contributed by atoms with E-state index < -0.39 is 28.6 Å². The molecule has 0 aliphatic carbocycles. The van der Waals surface area contributed by atoms with E-state index >= 15 is 0 Å². The largest absolute Gasteiger partial charge is 0.502 e. The van der Waals surface area contributed by atoms with Crippen LogP contribution in [0, 0.1) is 5.82 Å². The molecule has 36 heavy (non-hydrogen) atoms. The highest BCUT2D eigenvalue weighted by Crippen LogP contribution is 2.41. The molecule has 1 aromatic carbocycles. The molecule has 192 valence electrons. The van der Waals surface area contributed by atoms with E-state index in [2.05, 4.69) is 0 Å². The molecule has 0 radical (unpaired) electrons. The molecule has 2 aromatic rings. The summed E-state index contributed by atoms with van der Waals surface area (Å²) in [5.41, 5.74) is -1.16. The van der Waals surface area contributed by atoms with Crippen LogP contribution in [-0.4, -0.2) is 52.1 Å². The Labute approximate surface area is 212 Å². The van der Waals surface area contributed by atoms with Crippen molar-refractivity contribution in [2.75, 3.05) is 24.6 Å². The van der Waals surface area contributed by atoms with Crippen molar-refractivity contribution < 1.29 is 28.6 Å². The lowest BCUT2D eigenvalue weighted by molar-refractivity contribution is -0.141. The molecular weight excluding hydrogens is 493 g/mol. The van der Waals surface area contributed by atoms with E-state index in [0.29, 0.717) is 36.2 Å². The maximum Gasteiger partial charge on any atom is 0.302 e. The van der Waals surface area contributed by atoms with Gasteiger partial charge in [0.2, 0.25) is 0 Å². The molecule has 0 saturated carbocycles. The zero-order chi connectivity index (χ0) is 26.4. The van der Waals surface area contributed by atoms with Crippen LogP contribution in [0.1, 0.15) is 55.1 Å². The van der Waals surface area contributed by atoms with Gasteiger partial charge in [0.15, 0.2) is 5.75 Å². The minimum atomic E-state index is -1.25. The minimum absolute atomic E-state index is 0.0682. The minimum Gasteiger partial charge on any atom is -0.502 e. The average molecular weight is 520 g/mol. The summed E-state index contributed by atoms with van der Waals surface area (Å²) < 4.78 is 19.7. The molecular formula is C25H27ClFN3O6. The monoisotopic (exact) mass is 519 g/mol. The van der Waals surface area contributed by atoms with Crippen LogP contribution in [0.3, 0.4) is 0 Å². The van der Waals surface area contributed by atoms with Crippen molar-refractivity contribution in [1.29, 1.82) is 0 Å². The van der Waals surface area contributed by atoms with Crippen molar-refractivity contribution in [1.82, 2.24) is 9.47 Å². The van der Waals surface area contributed by atoms with E-state index in [-0.39, 0.29) is 48.7 Å². The second kappa shape index (κ2) is 9.57. The number of fused-ring (bicyclic) bond motifs is 3. The number of carbonyl (C=O) groups excluding carboxylic acids is 3. The van der Waals surface area contributed by atoms with Crippen molar-refractivity contribution >= 4 is 35.2 Å². The zero-order valence-corrected chi connectivity index (χ0v) is 21.0. The Morgan fingerprint density at radius 2 is 1.94 bits per heavy atom. The summed E-state index contributed by atoms with van der Waals surface area (Å²) in [7, 11) is 0. The summed E-state index contributed by atoms with van der Waals surface area (Å²) in [4.78, 5) is 53.9. The van der Waals surface area contributed by atoms with Gasteiger partial charge in [0.25, 0.3) is 17.4 Å². The fourth-order valence-electron chi connectivity index (χ4n) is 4.80. The molecule has 0 unspecified atom stereocenters. The number of benzene rings is 1. The van der Waals surface area contributed by atoms with E-state index in [1.165, 1.54) is 39.5 Å². The second-order valence-electron chi connectivity index (χ2n) is 9.45. The molecule has 1 N–H and O–H groups in total. The van der Waals surface area contributed by atoms with Gasteiger partial charge < -0.3 is 14.7 Å². The first-order chi connectivity index (χ1) is 16.9. The third-order valence-electron chi connectivity index (χ3n) is 6.58. The van der Waals surface area contributed by atoms with Crippen LogP contribution in [-0.2, 0) is 32.8 Å². The van der Waals surface area contributed by atoms with Crippen LogP contribution in [0.25, 0.3) is 0 Å². The number of amides is 2. The highest BCUT2D eigenvalue weighted by molar-refractivity contribution is 6.30. The molecule has 11 heteroatoms. The smallest absolute Gasteiger partial charge is 0.302 e. The molecule has 3 heterocycles. The number of anilines is 1. The van der Waals surface area contributed by atoms with E-state index in [1.54, 1.807) is 13.8 Å². The van der Waals surface area contributed by atoms with E-state index in [9.17, 15) is 28.7 Å². The second-order valence-corrected chi connectivity index (χ2v) is 9.86. The lowest BCUT2D eigenvalue weighted by Gasteiger charge is -2.31. The topological polar surface area (TPSA) is 109 Å². The van der Waals surface area contributed by atoms with Gasteiger partial charge in [-0.25, -0.2) is 4.39 Å². The maximum atomic E-state index is 13.5. The first-order valence-electron chi connectivity index (χ1n) is 11.6. The zero-order valence-electron chi connectivity index (χ0n) is 20.3. The molecule has 2 aliphatic rings. The predicted molar refractivity (Wildman–Crippen MR) is 130 cm³/mol. The van der Waals surface area contributed by atoms with Crippen molar-refractivity contribution in [3.63, 3.8) is 0 Å². The average Bonchev–Trinajstić information content (AvgIpc) is 3.01. The van der Waals surface area contributed by atoms with Gasteiger partial charge in [-0.05, 0) is 50.8 Å². The SMILES string of the molecule is CC(=O)OCCCCN1C(=O)C(C)(C)n2c1c1c(c(O)c2=O)C(=O)N(Cc2ccc(F)c(Cl)c2)CC1. The quantitative estimate of drug-likeness (QED) is 0.445. The van der Waals surface area contributed by atoms with E-state index in [1.807, 2.05) is 0 Å². The number of hydrogen-bond donors (Lipinski definition) is 1. The summed E-state index contributed by atoms with van der Waals surface area (Å²) in [5, 5.41) is 10.7. The van der Waals surface area contributed by atoms with Gasteiger partial charge in [0, 0.05) is 32.1 Å². The van der Waals surface area contributed by atoms with Gasteiger partial charge >= 0.3 is 5.97 Å². The molecule has 0 fully saturated rings. The first-order valence-corrected chi connectivity index (χ1v) is 12.0. The standard InChI is InChI=1S/C25H27ClFN3O6/c1-14(31)36-11-5-4-9-29-21-16-8-10-28(13-15-6-7-18(27)17(26)12-15)22(33)19(16)20(32)23(34)30(21)25(2,3)24(29)35/h6-7,12,32H,4-5,8-11,13H2,1-3H3. The van der Waals surface area contributed by atoms with Gasteiger partial charge in [-0.2, -0.15) is 0 Å². The highest BCUT2D eigenvalue weighted by Gasteiger charge is 2.48. The Morgan fingerprint density at radius 1 is 1.22 bits per heavy atom. The number of halogens is 2. The molecule has 0 bridgehead atoms.